The Bertz CT molecular complexity index is 600. The van der Waals surface area contributed by atoms with Crippen molar-refractivity contribution in [2.45, 2.75) is 19.3 Å². The minimum Gasteiger partial charge on any atom is -0.462 e. The number of aromatic amines is 1. The minimum atomic E-state index is -0.289. The van der Waals surface area contributed by atoms with Gasteiger partial charge in [-0.05, 0) is 38.1 Å². The number of nitrogens with one attached hydrogen (secondary N) is 2. The normalized spacial score (nSPS) is 18.9. The summed E-state index contributed by atoms with van der Waals surface area (Å²) >= 11 is 0. The second kappa shape index (κ2) is 5.01. The Morgan fingerprint density at radius 3 is 3.16 bits per heavy atom. The van der Waals surface area contributed by atoms with Crippen LogP contribution in [0.1, 0.15) is 35.4 Å². The third-order valence-corrected chi connectivity index (χ3v) is 3.46. The van der Waals surface area contributed by atoms with Gasteiger partial charge in [0.1, 0.15) is 5.82 Å². The lowest BCUT2D eigenvalue weighted by molar-refractivity contribution is 0.0526. The minimum absolute atomic E-state index is 0.289. The van der Waals surface area contributed by atoms with Crippen molar-refractivity contribution >= 4 is 17.0 Å². The van der Waals surface area contributed by atoms with Crippen LogP contribution in [0.2, 0.25) is 0 Å². The molecule has 3 rings (SSSR count). The van der Waals surface area contributed by atoms with Crippen LogP contribution in [0.15, 0.2) is 18.2 Å². The van der Waals surface area contributed by atoms with Crippen molar-refractivity contribution in [3.63, 3.8) is 0 Å². The number of imidazole rings is 1. The molecule has 1 unspecified atom stereocenters. The van der Waals surface area contributed by atoms with E-state index in [-0.39, 0.29) is 5.97 Å². The van der Waals surface area contributed by atoms with Crippen LogP contribution in [-0.2, 0) is 4.74 Å². The standard InChI is InChI=1S/C14H17N3O2/c1-2-19-14(18)9-3-4-11-12(7-9)17-13(16-11)10-5-6-15-8-10/h3-4,7,10,15H,2,5-6,8H2,1H3,(H,16,17). The predicted octanol–water partition coefficient (Wildman–Crippen LogP) is 1.82. The number of hydrogen-bond donors (Lipinski definition) is 2. The number of esters is 1. The summed E-state index contributed by atoms with van der Waals surface area (Å²) < 4.78 is 5.00. The van der Waals surface area contributed by atoms with E-state index in [1.54, 1.807) is 13.0 Å². The van der Waals surface area contributed by atoms with Crippen LogP contribution in [0.4, 0.5) is 0 Å². The van der Waals surface area contributed by atoms with E-state index in [9.17, 15) is 4.79 Å². The van der Waals surface area contributed by atoms with Gasteiger partial charge in [-0.2, -0.15) is 0 Å². The molecule has 0 aliphatic carbocycles. The lowest BCUT2D eigenvalue weighted by Gasteiger charge is -2.02. The van der Waals surface area contributed by atoms with Gasteiger partial charge in [-0.1, -0.05) is 0 Å². The van der Waals surface area contributed by atoms with Crippen molar-refractivity contribution in [2.24, 2.45) is 0 Å². The smallest absolute Gasteiger partial charge is 0.338 e. The van der Waals surface area contributed by atoms with E-state index in [4.69, 9.17) is 4.74 Å². The summed E-state index contributed by atoms with van der Waals surface area (Å²) in [6.07, 6.45) is 1.10. The van der Waals surface area contributed by atoms with Gasteiger partial charge in [0.25, 0.3) is 0 Å². The molecule has 2 aromatic rings. The van der Waals surface area contributed by atoms with Gasteiger partial charge in [0.15, 0.2) is 0 Å². The second-order valence-corrected chi connectivity index (χ2v) is 4.76. The zero-order chi connectivity index (χ0) is 13.2. The number of carbonyl (C=O) groups is 1. The summed E-state index contributed by atoms with van der Waals surface area (Å²) in [5.41, 5.74) is 2.36. The molecule has 1 aliphatic heterocycles. The highest BCUT2D eigenvalue weighted by Gasteiger charge is 2.20. The Hall–Kier alpha value is -1.88. The quantitative estimate of drug-likeness (QED) is 0.825. The lowest BCUT2D eigenvalue weighted by Crippen LogP contribution is -2.08. The van der Waals surface area contributed by atoms with Gasteiger partial charge < -0.3 is 15.0 Å². The predicted molar refractivity (Wildman–Crippen MR) is 72.3 cm³/mol. The Morgan fingerprint density at radius 2 is 2.42 bits per heavy atom. The van der Waals surface area contributed by atoms with Crippen LogP contribution in [0.5, 0.6) is 0 Å². The van der Waals surface area contributed by atoms with Gasteiger partial charge >= 0.3 is 5.97 Å². The van der Waals surface area contributed by atoms with Gasteiger partial charge in [-0.3, -0.25) is 0 Å². The molecule has 0 radical (unpaired) electrons. The lowest BCUT2D eigenvalue weighted by atomic mass is 10.1. The van der Waals surface area contributed by atoms with E-state index in [0.29, 0.717) is 18.1 Å². The van der Waals surface area contributed by atoms with Gasteiger partial charge in [0.2, 0.25) is 0 Å². The molecule has 0 amide bonds. The first-order valence-corrected chi connectivity index (χ1v) is 6.65. The number of hydrogen-bond acceptors (Lipinski definition) is 4. The third kappa shape index (κ3) is 2.33. The maximum atomic E-state index is 11.7. The van der Waals surface area contributed by atoms with E-state index in [2.05, 4.69) is 15.3 Å². The molecule has 5 heteroatoms. The molecule has 0 spiro atoms. The van der Waals surface area contributed by atoms with Crippen LogP contribution in [0.25, 0.3) is 11.0 Å². The number of ether oxygens (including phenoxy) is 1. The first kappa shape index (κ1) is 12.2. The highest BCUT2D eigenvalue weighted by molar-refractivity contribution is 5.93. The van der Waals surface area contributed by atoms with Crippen molar-refractivity contribution < 1.29 is 9.53 Å². The molecule has 1 saturated heterocycles. The largest absolute Gasteiger partial charge is 0.462 e. The maximum absolute atomic E-state index is 11.7. The van der Waals surface area contributed by atoms with E-state index in [1.807, 2.05) is 12.1 Å². The SMILES string of the molecule is CCOC(=O)c1ccc2nc(C3CCNC3)[nH]c2c1. The Kier molecular flexibility index (Phi) is 3.21. The van der Waals surface area contributed by atoms with Crippen molar-refractivity contribution in [1.82, 2.24) is 15.3 Å². The summed E-state index contributed by atoms with van der Waals surface area (Å²) in [7, 11) is 0. The summed E-state index contributed by atoms with van der Waals surface area (Å²) in [6, 6.07) is 5.44. The number of aromatic nitrogens is 2. The van der Waals surface area contributed by atoms with Crippen molar-refractivity contribution in [3.05, 3.63) is 29.6 Å². The third-order valence-electron chi connectivity index (χ3n) is 3.46. The zero-order valence-corrected chi connectivity index (χ0v) is 10.9. The number of carbonyl (C=O) groups excluding carboxylic acids is 1. The number of fused-ring (bicyclic) bond motifs is 1. The molecular formula is C14H17N3O2. The molecule has 100 valence electrons. The van der Waals surface area contributed by atoms with Crippen molar-refractivity contribution in [3.8, 4) is 0 Å². The molecule has 5 nitrogen and oxygen atoms in total. The number of benzene rings is 1. The van der Waals surface area contributed by atoms with Gasteiger partial charge in [0, 0.05) is 12.5 Å². The van der Waals surface area contributed by atoms with E-state index < -0.39 is 0 Å². The zero-order valence-electron chi connectivity index (χ0n) is 10.9. The summed E-state index contributed by atoms with van der Waals surface area (Å²) in [4.78, 5) is 19.6. The fourth-order valence-corrected chi connectivity index (χ4v) is 2.45. The molecule has 1 fully saturated rings. The van der Waals surface area contributed by atoms with Crippen molar-refractivity contribution in [2.75, 3.05) is 19.7 Å². The molecule has 0 bridgehead atoms. The number of nitrogens with zero attached hydrogens (tertiary/aromatic N) is 1. The topological polar surface area (TPSA) is 67.0 Å². The Morgan fingerprint density at radius 1 is 1.53 bits per heavy atom. The fraction of sp³-hybridized carbons (Fsp3) is 0.429. The van der Waals surface area contributed by atoms with E-state index >= 15 is 0 Å². The average Bonchev–Trinajstić information content (AvgIpc) is 3.07. The van der Waals surface area contributed by atoms with Crippen LogP contribution in [0.3, 0.4) is 0 Å². The summed E-state index contributed by atoms with van der Waals surface area (Å²) in [6.45, 7) is 4.19. The Balaban J connectivity index is 1.92. The second-order valence-electron chi connectivity index (χ2n) is 4.76. The van der Waals surface area contributed by atoms with Crippen LogP contribution in [0, 0.1) is 0 Å². The molecule has 0 saturated carbocycles. The first-order chi connectivity index (χ1) is 9.28. The molecule has 1 atom stereocenters. The fourth-order valence-electron chi connectivity index (χ4n) is 2.45. The molecule has 1 aromatic carbocycles. The molecule has 19 heavy (non-hydrogen) atoms. The van der Waals surface area contributed by atoms with Crippen LogP contribution >= 0.6 is 0 Å². The van der Waals surface area contributed by atoms with E-state index in [1.165, 1.54) is 0 Å². The maximum Gasteiger partial charge on any atom is 0.338 e. The monoisotopic (exact) mass is 259 g/mol. The Labute approximate surface area is 111 Å². The molecule has 2 N–H and O–H groups in total. The number of rotatable bonds is 3. The summed E-state index contributed by atoms with van der Waals surface area (Å²) in [5.74, 6) is 1.16. The highest BCUT2D eigenvalue weighted by atomic mass is 16.5. The van der Waals surface area contributed by atoms with Gasteiger partial charge in [-0.15, -0.1) is 0 Å². The molecule has 2 heterocycles. The van der Waals surface area contributed by atoms with Gasteiger partial charge in [0.05, 0.1) is 23.2 Å². The first-order valence-electron chi connectivity index (χ1n) is 6.65. The molecule has 1 aliphatic rings. The summed E-state index contributed by atoms with van der Waals surface area (Å²) in [5, 5.41) is 3.33. The van der Waals surface area contributed by atoms with Crippen LogP contribution in [-0.4, -0.2) is 35.6 Å². The van der Waals surface area contributed by atoms with E-state index in [0.717, 1.165) is 36.4 Å². The average molecular weight is 259 g/mol. The molecule has 1 aromatic heterocycles. The molecular weight excluding hydrogens is 242 g/mol. The van der Waals surface area contributed by atoms with Crippen LogP contribution < -0.4 is 5.32 Å². The highest BCUT2D eigenvalue weighted by Crippen LogP contribution is 2.23. The van der Waals surface area contributed by atoms with Crippen molar-refractivity contribution in [1.29, 1.82) is 0 Å². The van der Waals surface area contributed by atoms with Gasteiger partial charge in [-0.25, -0.2) is 9.78 Å². The number of H-pyrrole nitrogens is 1.